The number of halogens is 1. The average molecular weight is 520 g/mol. The number of hydrogen-bond donors (Lipinski definition) is 2. The highest BCUT2D eigenvalue weighted by atomic mass is 19.1. The van der Waals surface area contributed by atoms with Gasteiger partial charge in [-0.15, -0.1) is 0 Å². The number of ether oxygens (including phenoxy) is 2. The quantitative estimate of drug-likeness (QED) is 0.418. The van der Waals surface area contributed by atoms with Gasteiger partial charge in [0.25, 0.3) is 0 Å². The molecule has 0 aliphatic carbocycles. The molecule has 0 saturated carbocycles. The molecule has 0 bridgehead atoms. The normalized spacial score (nSPS) is 17.4. The number of methoxy groups -OCH3 is 2. The van der Waals surface area contributed by atoms with Gasteiger partial charge in [-0.25, -0.2) is 4.39 Å². The van der Waals surface area contributed by atoms with Crippen LogP contribution >= 0.6 is 0 Å². The van der Waals surface area contributed by atoms with E-state index >= 15 is 0 Å². The molecule has 2 amide bonds. The second kappa shape index (κ2) is 13.1. The van der Waals surface area contributed by atoms with Gasteiger partial charge >= 0.3 is 0 Å². The molecule has 7 nitrogen and oxygen atoms in total. The Kier molecular flexibility index (Phi) is 9.32. The van der Waals surface area contributed by atoms with Gasteiger partial charge in [-0.1, -0.05) is 36.4 Å². The molecular formula is C30H34FN3O4. The molecule has 1 saturated heterocycles. The molecule has 3 aromatic carbocycles. The minimum absolute atomic E-state index is 0.0578. The number of rotatable bonds is 10. The van der Waals surface area contributed by atoms with Crippen molar-refractivity contribution < 1.29 is 23.5 Å². The Morgan fingerprint density at radius 1 is 0.868 bits per heavy atom. The van der Waals surface area contributed by atoms with Crippen molar-refractivity contribution in [3.8, 4) is 11.5 Å². The van der Waals surface area contributed by atoms with Crippen LogP contribution in [0, 0.1) is 17.7 Å². The molecular weight excluding hydrogens is 485 g/mol. The lowest BCUT2D eigenvalue weighted by Gasteiger charge is -2.36. The number of hydrogen-bond acceptors (Lipinski definition) is 5. The van der Waals surface area contributed by atoms with Gasteiger partial charge in [-0.3, -0.25) is 14.5 Å². The van der Waals surface area contributed by atoms with Gasteiger partial charge < -0.3 is 20.1 Å². The second-order valence-electron chi connectivity index (χ2n) is 9.54. The Bertz CT molecular complexity index is 1220. The first-order valence-electron chi connectivity index (χ1n) is 12.8. The summed E-state index contributed by atoms with van der Waals surface area (Å²) in [5.74, 6) is -0.0883. The summed E-state index contributed by atoms with van der Waals surface area (Å²) in [7, 11) is 3.18. The van der Waals surface area contributed by atoms with Gasteiger partial charge in [0, 0.05) is 31.9 Å². The molecule has 0 unspecified atom stereocenters. The molecule has 0 aromatic heterocycles. The maximum atomic E-state index is 13.3. The van der Waals surface area contributed by atoms with E-state index in [0.717, 1.165) is 17.5 Å². The number of carbonyl (C=O) groups is 2. The molecule has 8 heteroatoms. The molecule has 2 N–H and O–H groups in total. The molecule has 4 rings (SSSR count). The third-order valence-electron chi connectivity index (χ3n) is 6.79. The first kappa shape index (κ1) is 27.1. The molecule has 200 valence electrons. The first-order chi connectivity index (χ1) is 18.4. The van der Waals surface area contributed by atoms with Gasteiger partial charge in [0.1, 0.15) is 5.82 Å². The van der Waals surface area contributed by atoms with Crippen molar-refractivity contribution in [1.29, 1.82) is 0 Å². The summed E-state index contributed by atoms with van der Waals surface area (Å²) in [6.45, 7) is 2.11. The van der Waals surface area contributed by atoms with Gasteiger partial charge in [0.15, 0.2) is 11.5 Å². The van der Waals surface area contributed by atoms with E-state index in [1.807, 2.05) is 48.5 Å². The molecule has 0 radical (unpaired) electrons. The summed E-state index contributed by atoms with van der Waals surface area (Å²) in [4.78, 5) is 28.5. The second-order valence-corrected chi connectivity index (χ2v) is 9.54. The Morgan fingerprint density at radius 3 is 2.24 bits per heavy atom. The Balaban J connectivity index is 1.45. The molecule has 1 aliphatic heterocycles. The highest BCUT2D eigenvalue weighted by Gasteiger charge is 2.35. The molecule has 1 aliphatic rings. The topological polar surface area (TPSA) is 79.9 Å². The van der Waals surface area contributed by atoms with E-state index in [1.165, 1.54) is 24.3 Å². The Labute approximate surface area is 222 Å². The molecule has 0 spiro atoms. The molecule has 2 atom stereocenters. The predicted molar refractivity (Wildman–Crippen MR) is 145 cm³/mol. The number of nitrogens with zero attached hydrogens (tertiary/aromatic N) is 1. The van der Waals surface area contributed by atoms with E-state index in [1.54, 1.807) is 14.2 Å². The summed E-state index contributed by atoms with van der Waals surface area (Å²) in [5.41, 5.74) is 2.67. The van der Waals surface area contributed by atoms with E-state index in [9.17, 15) is 14.0 Å². The predicted octanol–water partition coefficient (Wildman–Crippen LogP) is 4.28. The lowest BCUT2D eigenvalue weighted by Crippen LogP contribution is -2.49. The van der Waals surface area contributed by atoms with E-state index in [2.05, 4.69) is 15.5 Å². The van der Waals surface area contributed by atoms with Crippen molar-refractivity contribution in [3.05, 3.63) is 89.7 Å². The average Bonchev–Trinajstić information content (AvgIpc) is 2.94. The Hall–Kier alpha value is -3.91. The summed E-state index contributed by atoms with van der Waals surface area (Å²) in [5, 5.41) is 5.94. The van der Waals surface area contributed by atoms with Crippen molar-refractivity contribution in [2.24, 2.45) is 11.8 Å². The minimum Gasteiger partial charge on any atom is -0.493 e. The summed E-state index contributed by atoms with van der Waals surface area (Å²) < 4.78 is 24.1. The number of nitrogens with one attached hydrogen (secondary N) is 2. The number of piperidine rings is 1. The standard InChI is InChI=1S/C30H34FN3O4/c1-37-27-13-8-22(16-28(27)38-2)18-34-19-23(29(35)32-15-14-21-6-4-3-5-7-21)17-24(20-34)30(36)33-26-11-9-25(31)10-12-26/h3-13,16,23-24H,14-15,17-20H2,1-2H3,(H,32,35)(H,33,36)/t23-,24+/m0/s1. The third-order valence-corrected chi connectivity index (χ3v) is 6.79. The fourth-order valence-corrected chi connectivity index (χ4v) is 4.83. The maximum absolute atomic E-state index is 13.3. The van der Waals surface area contributed by atoms with Crippen LogP contribution in [-0.2, 0) is 22.6 Å². The van der Waals surface area contributed by atoms with Crippen LogP contribution in [0.25, 0.3) is 0 Å². The zero-order chi connectivity index (χ0) is 26.9. The summed E-state index contributed by atoms with van der Waals surface area (Å²) in [6, 6.07) is 21.4. The lowest BCUT2D eigenvalue weighted by molar-refractivity contribution is -0.130. The number of amides is 2. The smallest absolute Gasteiger partial charge is 0.228 e. The number of benzene rings is 3. The van der Waals surface area contributed by atoms with Crippen molar-refractivity contribution in [2.45, 2.75) is 19.4 Å². The zero-order valence-corrected chi connectivity index (χ0v) is 21.8. The highest BCUT2D eigenvalue weighted by molar-refractivity contribution is 5.93. The largest absolute Gasteiger partial charge is 0.493 e. The van der Waals surface area contributed by atoms with Crippen molar-refractivity contribution in [1.82, 2.24) is 10.2 Å². The van der Waals surface area contributed by atoms with Crippen LogP contribution in [0.5, 0.6) is 11.5 Å². The summed E-state index contributed by atoms with van der Waals surface area (Å²) >= 11 is 0. The molecule has 38 heavy (non-hydrogen) atoms. The number of anilines is 1. The van der Waals surface area contributed by atoms with E-state index in [-0.39, 0.29) is 23.5 Å². The molecule has 1 heterocycles. The van der Waals surface area contributed by atoms with E-state index < -0.39 is 5.92 Å². The van der Waals surface area contributed by atoms with Crippen LogP contribution in [0.3, 0.4) is 0 Å². The highest BCUT2D eigenvalue weighted by Crippen LogP contribution is 2.30. The molecule has 1 fully saturated rings. The van der Waals surface area contributed by atoms with Gasteiger partial charge in [-0.05, 0) is 60.4 Å². The van der Waals surface area contributed by atoms with Crippen LogP contribution in [-0.4, -0.2) is 50.6 Å². The molecule has 3 aromatic rings. The van der Waals surface area contributed by atoms with Gasteiger partial charge in [0.2, 0.25) is 11.8 Å². The van der Waals surface area contributed by atoms with Gasteiger partial charge in [0.05, 0.1) is 26.1 Å². The zero-order valence-electron chi connectivity index (χ0n) is 21.8. The van der Waals surface area contributed by atoms with Crippen molar-refractivity contribution >= 4 is 17.5 Å². The summed E-state index contributed by atoms with van der Waals surface area (Å²) in [6.07, 6.45) is 1.18. The first-order valence-corrected chi connectivity index (χ1v) is 12.8. The minimum atomic E-state index is -0.404. The van der Waals surface area contributed by atoms with Gasteiger partial charge in [-0.2, -0.15) is 0 Å². The third kappa shape index (κ3) is 7.32. The van der Waals surface area contributed by atoms with Crippen LogP contribution in [0.4, 0.5) is 10.1 Å². The van der Waals surface area contributed by atoms with Crippen molar-refractivity contribution in [2.75, 3.05) is 39.2 Å². The van der Waals surface area contributed by atoms with Crippen molar-refractivity contribution in [3.63, 3.8) is 0 Å². The fourth-order valence-electron chi connectivity index (χ4n) is 4.83. The number of carbonyl (C=O) groups excluding carboxylic acids is 2. The van der Waals surface area contributed by atoms with Crippen LogP contribution in [0.15, 0.2) is 72.8 Å². The Morgan fingerprint density at radius 2 is 1.55 bits per heavy atom. The number of likely N-dealkylation sites (tertiary alicyclic amines) is 1. The van der Waals surface area contributed by atoms with Crippen LogP contribution < -0.4 is 20.1 Å². The fraction of sp³-hybridized carbons (Fsp3) is 0.333. The van der Waals surface area contributed by atoms with E-state index in [4.69, 9.17) is 9.47 Å². The van der Waals surface area contributed by atoms with Crippen LogP contribution in [0.1, 0.15) is 17.5 Å². The SMILES string of the molecule is COc1ccc(CN2C[C@@H](C(=O)NCCc3ccccc3)C[C@@H](C(=O)Nc3ccc(F)cc3)C2)cc1OC. The van der Waals surface area contributed by atoms with Crippen LogP contribution in [0.2, 0.25) is 0 Å². The monoisotopic (exact) mass is 519 g/mol. The van der Waals surface area contributed by atoms with E-state index in [0.29, 0.717) is 49.8 Å². The maximum Gasteiger partial charge on any atom is 0.228 e. The lowest BCUT2D eigenvalue weighted by atomic mass is 9.87.